The molecule has 0 aliphatic carbocycles. The van der Waals surface area contributed by atoms with Crippen molar-refractivity contribution in [1.29, 1.82) is 0 Å². The maximum absolute atomic E-state index is 12.4. The summed E-state index contributed by atoms with van der Waals surface area (Å²) in [6.45, 7) is 1.25. The van der Waals surface area contributed by atoms with Crippen molar-refractivity contribution >= 4 is 28.7 Å². The fourth-order valence-electron chi connectivity index (χ4n) is 3.14. The van der Waals surface area contributed by atoms with Crippen LogP contribution in [-0.4, -0.2) is 49.7 Å². The Morgan fingerprint density at radius 1 is 1.23 bits per heavy atom. The number of hydrogen-bond donors (Lipinski definition) is 0. The van der Waals surface area contributed by atoms with Crippen LogP contribution in [0.1, 0.15) is 12.8 Å². The van der Waals surface area contributed by atoms with E-state index in [4.69, 9.17) is 16.3 Å². The zero-order valence-corrected chi connectivity index (χ0v) is 17.9. The zero-order valence-electron chi connectivity index (χ0n) is 17.2. The molecule has 0 N–H and O–H groups in total. The van der Waals surface area contributed by atoms with Gasteiger partial charge in [0.2, 0.25) is 5.91 Å². The number of carbonyl (C=O) groups excluding carboxylic acids is 1. The number of carbonyl (C=O) groups is 1. The quantitative estimate of drug-likeness (QED) is 0.535. The average Bonchev–Trinajstić information content (AvgIpc) is 3.14. The molecule has 3 aromatic rings. The van der Waals surface area contributed by atoms with Gasteiger partial charge in [0.05, 0.1) is 12.9 Å². The van der Waals surface area contributed by atoms with Crippen LogP contribution in [0, 0.1) is 0 Å². The summed E-state index contributed by atoms with van der Waals surface area (Å²) >= 11 is 5.92. The molecule has 10 heteroatoms. The van der Waals surface area contributed by atoms with Crippen molar-refractivity contribution in [3.63, 3.8) is 0 Å². The molecular weight excluding hydrogens is 410 g/mol. The zero-order chi connectivity index (χ0) is 21.8. The molecule has 0 aliphatic heterocycles. The third-order valence-electron chi connectivity index (χ3n) is 4.92. The van der Waals surface area contributed by atoms with Crippen molar-refractivity contribution in [2.75, 3.05) is 20.2 Å². The number of hydrogen-bond acceptors (Lipinski definition) is 5. The van der Waals surface area contributed by atoms with E-state index in [1.807, 2.05) is 6.07 Å². The van der Waals surface area contributed by atoms with E-state index >= 15 is 0 Å². The Balaban J connectivity index is 1.53. The van der Waals surface area contributed by atoms with Gasteiger partial charge in [-0.15, -0.1) is 0 Å². The number of benzene rings is 1. The summed E-state index contributed by atoms with van der Waals surface area (Å²) < 4.78 is 9.69. The van der Waals surface area contributed by atoms with Gasteiger partial charge in [-0.2, -0.15) is 0 Å². The van der Waals surface area contributed by atoms with Gasteiger partial charge in [-0.05, 0) is 24.6 Å². The number of aromatic nitrogens is 4. The Morgan fingerprint density at radius 2 is 2.00 bits per heavy atom. The summed E-state index contributed by atoms with van der Waals surface area (Å²) in [5.74, 6) is 0.640. The first kappa shape index (κ1) is 21.6. The van der Waals surface area contributed by atoms with E-state index < -0.39 is 11.2 Å². The highest BCUT2D eigenvalue weighted by atomic mass is 35.5. The van der Waals surface area contributed by atoms with E-state index in [9.17, 15) is 14.4 Å². The van der Waals surface area contributed by atoms with E-state index in [1.54, 1.807) is 41.8 Å². The Labute approximate surface area is 178 Å². The fourth-order valence-corrected chi connectivity index (χ4v) is 3.32. The maximum atomic E-state index is 12.4. The smallest absolute Gasteiger partial charge is 0.332 e. The molecule has 0 bridgehead atoms. The summed E-state index contributed by atoms with van der Waals surface area (Å²) in [6, 6.07) is 7.10. The highest BCUT2D eigenvalue weighted by Crippen LogP contribution is 2.17. The molecule has 0 aliphatic rings. The molecule has 1 aromatic carbocycles. The van der Waals surface area contributed by atoms with Crippen molar-refractivity contribution in [2.45, 2.75) is 19.4 Å². The third-order valence-corrected chi connectivity index (χ3v) is 5.16. The van der Waals surface area contributed by atoms with Gasteiger partial charge < -0.3 is 14.2 Å². The minimum Gasteiger partial charge on any atom is -0.492 e. The van der Waals surface area contributed by atoms with Gasteiger partial charge in [-0.1, -0.05) is 17.7 Å². The third kappa shape index (κ3) is 4.56. The van der Waals surface area contributed by atoms with Gasteiger partial charge in [0.1, 0.15) is 12.4 Å². The molecule has 2 heterocycles. The Kier molecular flexibility index (Phi) is 6.61. The molecule has 0 unspecified atom stereocenters. The number of ether oxygens (including phenoxy) is 1. The molecular formula is C20H24ClN5O4. The largest absolute Gasteiger partial charge is 0.492 e. The Morgan fingerprint density at radius 3 is 2.73 bits per heavy atom. The number of halogens is 1. The predicted molar refractivity (Wildman–Crippen MR) is 114 cm³/mol. The number of rotatable bonds is 8. The van der Waals surface area contributed by atoms with Crippen LogP contribution in [0.3, 0.4) is 0 Å². The standard InChI is InChI=1S/C20H24ClN5O4/c1-23(10-11-30-15-7-4-6-14(21)12-15)16(27)8-5-9-26-13-22-18-17(26)19(28)25(3)20(29)24(18)2/h4,6-7,12-13H,5,8-11H2,1-3H3. The second-order valence-electron chi connectivity index (χ2n) is 7.04. The lowest BCUT2D eigenvalue weighted by Crippen LogP contribution is -2.37. The summed E-state index contributed by atoms with van der Waals surface area (Å²) in [4.78, 5) is 42.6. The normalized spacial score (nSPS) is 11.1. The molecule has 9 nitrogen and oxygen atoms in total. The molecule has 0 spiro atoms. The molecule has 2 aromatic heterocycles. The topological polar surface area (TPSA) is 91.4 Å². The number of amides is 1. The highest BCUT2D eigenvalue weighted by Gasteiger charge is 2.15. The molecule has 0 fully saturated rings. The van der Waals surface area contributed by atoms with Gasteiger partial charge in [-0.25, -0.2) is 9.78 Å². The van der Waals surface area contributed by atoms with Crippen LogP contribution in [-0.2, 0) is 25.4 Å². The lowest BCUT2D eigenvalue weighted by Gasteiger charge is -2.17. The minimum atomic E-state index is -0.422. The molecule has 0 saturated carbocycles. The van der Waals surface area contributed by atoms with Crippen molar-refractivity contribution in [2.24, 2.45) is 14.1 Å². The van der Waals surface area contributed by atoms with E-state index in [1.165, 1.54) is 17.9 Å². The van der Waals surface area contributed by atoms with Crippen LogP contribution in [0.5, 0.6) is 5.75 Å². The first-order chi connectivity index (χ1) is 14.3. The van der Waals surface area contributed by atoms with Crippen molar-refractivity contribution in [3.05, 3.63) is 56.5 Å². The number of nitrogens with zero attached hydrogens (tertiary/aromatic N) is 5. The highest BCUT2D eigenvalue weighted by molar-refractivity contribution is 6.30. The lowest BCUT2D eigenvalue weighted by atomic mass is 10.2. The van der Waals surface area contributed by atoms with Crippen molar-refractivity contribution in [1.82, 2.24) is 23.6 Å². The van der Waals surface area contributed by atoms with Crippen LogP contribution in [0.4, 0.5) is 0 Å². The maximum Gasteiger partial charge on any atom is 0.332 e. The van der Waals surface area contributed by atoms with Crippen LogP contribution in [0.2, 0.25) is 5.02 Å². The minimum absolute atomic E-state index is 0.0191. The monoisotopic (exact) mass is 433 g/mol. The molecule has 3 rings (SSSR count). The molecule has 0 saturated heterocycles. The fraction of sp³-hybridized carbons (Fsp3) is 0.400. The van der Waals surface area contributed by atoms with E-state index in [0.717, 1.165) is 4.57 Å². The van der Waals surface area contributed by atoms with Crippen LogP contribution in [0.15, 0.2) is 40.2 Å². The van der Waals surface area contributed by atoms with Crippen LogP contribution in [0.25, 0.3) is 11.2 Å². The SMILES string of the molecule is CN(CCOc1cccc(Cl)c1)C(=O)CCCn1cnc2c1c(=O)n(C)c(=O)n2C. The average molecular weight is 434 g/mol. The van der Waals surface area contributed by atoms with Gasteiger partial charge in [0.15, 0.2) is 11.2 Å². The van der Waals surface area contributed by atoms with Crippen LogP contribution >= 0.6 is 11.6 Å². The molecule has 160 valence electrons. The Bertz CT molecular complexity index is 1180. The van der Waals surface area contributed by atoms with Crippen molar-refractivity contribution < 1.29 is 9.53 Å². The van der Waals surface area contributed by atoms with Crippen LogP contribution < -0.4 is 16.0 Å². The molecule has 30 heavy (non-hydrogen) atoms. The number of likely N-dealkylation sites (N-methyl/N-ethyl adjacent to an activating group) is 1. The molecule has 0 atom stereocenters. The summed E-state index contributed by atoms with van der Waals surface area (Å²) in [7, 11) is 4.73. The second-order valence-corrected chi connectivity index (χ2v) is 7.48. The number of fused-ring (bicyclic) bond motifs is 1. The predicted octanol–water partition coefficient (Wildman–Crippen LogP) is 1.40. The summed E-state index contributed by atoms with van der Waals surface area (Å²) in [6.07, 6.45) is 2.38. The van der Waals surface area contributed by atoms with E-state index in [2.05, 4.69) is 4.98 Å². The number of imidazole rings is 1. The molecule has 0 radical (unpaired) electrons. The van der Waals surface area contributed by atoms with Gasteiger partial charge >= 0.3 is 5.69 Å². The first-order valence-electron chi connectivity index (χ1n) is 9.52. The van der Waals surface area contributed by atoms with Crippen molar-refractivity contribution in [3.8, 4) is 5.75 Å². The van der Waals surface area contributed by atoms with Gasteiger partial charge in [-0.3, -0.25) is 18.7 Å². The van der Waals surface area contributed by atoms with E-state index in [0.29, 0.717) is 54.5 Å². The van der Waals surface area contributed by atoms with Gasteiger partial charge in [0, 0.05) is 39.1 Å². The molecule has 1 amide bonds. The summed E-state index contributed by atoms with van der Waals surface area (Å²) in [5, 5.41) is 0.596. The summed E-state index contributed by atoms with van der Waals surface area (Å²) in [5.41, 5.74) is -0.123. The number of aryl methyl sites for hydroxylation is 2. The van der Waals surface area contributed by atoms with E-state index in [-0.39, 0.29) is 5.91 Å². The second kappa shape index (κ2) is 9.17. The Hall–Kier alpha value is -3.07. The first-order valence-corrected chi connectivity index (χ1v) is 9.90. The van der Waals surface area contributed by atoms with Gasteiger partial charge in [0.25, 0.3) is 5.56 Å². The lowest BCUT2D eigenvalue weighted by molar-refractivity contribution is -0.130.